The van der Waals surface area contributed by atoms with Crippen LogP contribution < -0.4 is 20.7 Å². The molecule has 2 aliphatic rings. The lowest BCUT2D eigenvalue weighted by Crippen LogP contribution is -2.46. The van der Waals surface area contributed by atoms with Gasteiger partial charge in [0.15, 0.2) is 0 Å². The van der Waals surface area contributed by atoms with E-state index in [4.69, 9.17) is 22.7 Å². The lowest BCUT2D eigenvalue weighted by atomic mass is 9.90. The van der Waals surface area contributed by atoms with Crippen molar-refractivity contribution in [3.05, 3.63) is 23.8 Å². The molecule has 1 aromatic carbocycles. The third-order valence-electron chi connectivity index (χ3n) is 4.38. The van der Waals surface area contributed by atoms with Gasteiger partial charge in [0.25, 0.3) is 0 Å². The number of benzene rings is 1. The highest BCUT2D eigenvalue weighted by atomic mass is 32.1. The molecule has 0 spiro atoms. The normalized spacial score (nSPS) is 24.4. The van der Waals surface area contributed by atoms with Crippen molar-refractivity contribution in [2.45, 2.75) is 18.9 Å². The van der Waals surface area contributed by atoms with E-state index in [1.165, 1.54) is 0 Å². The summed E-state index contributed by atoms with van der Waals surface area (Å²) in [4.78, 5) is 14.5. The summed E-state index contributed by atoms with van der Waals surface area (Å²) in [7, 11) is 1.64. The van der Waals surface area contributed by atoms with E-state index in [-0.39, 0.29) is 17.9 Å². The van der Waals surface area contributed by atoms with Crippen LogP contribution in [0.2, 0.25) is 0 Å². The van der Waals surface area contributed by atoms with Gasteiger partial charge in [-0.05, 0) is 25.0 Å². The van der Waals surface area contributed by atoms with Crippen LogP contribution in [-0.2, 0) is 4.79 Å². The number of piperidine rings is 1. The van der Waals surface area contributed by atoms with Crippen molar-refractivity contribution in [1.29, 1.82) is 0 Å². The standard InChI is InChI=1S/C15H19N3O2S/c1-20-9-4-5-10(14(16)21)12(7-9)18-6-2-3-11-13(18)8-17-15(11)19/h4-5,7,11,13H,2-3,6,8H2,1H3,(H2,16,21)(H,17,19). The first-order valence-corrected chi connectivity index (χ1v) is 7.55. The average Bonchev–Trinajstić information content (AvgIpc) is 2.88. The number of hydrogen-bond acceptors (Lipinski definition) is 4. The molecule has 2 heterocycles. The third kappa shape index (κ3) is 2.44. The van der Waals surface area contributed by atoms with Crippen LogP contribution in [0.15, 0.2) is 18.2 Å². The molecule has 2 unspecified atom stereocenters. The zero-order chi connectivity index (χ0) is 15.0. The molecule has 0 aliphatic carbocycles. The first kappa shape index (κ1) is 14.1. The Kier molecular flexibility index (Phi) is 3.71. The minimum Gasteiger partial charge on any atom is -0.497 e. The molecule has 21 heavy (non-hydrogen) atoms. The average molecular weight is 305 g/mol. The van der Waals surface area contributed by atoms with Crippen molar-refractivity contribution in [1.82, 2.24) is 5.32 Å². The molecule has 0 radical (unpaired) electrons. The number of ether oxygens (including phenoxy) is 1. The molecule has 112 valence electrons. The lowest BCUT2D eigenvalue weighted by Gasteiger charge is -2.38. The minimum absolute atomic E-state index is 0.0594. The summed E-state index contributed by atoms with van der Waals surface area (Å²) < 4.78 is 5.32. The van der Waals surface area contributed by atoms with Crippen LogP contribution in [-0.4, -0.2) is 37.1 Å². The maximum absolute atomic E-state index is 11.9. The van der Waals surface area contributed by atoms with Crippen LogP contribution in [0, 0.1) is 5.92 Å². The number of thiocarbonyl (C=S) groups is 1. The topological polar surface area (TPSA) is 67.6 Å². The Morgan fingerprint density at radius 1 is 1.52 bits per heavy atom. The molecule has 2 saturated heterocycles. The molecule has 6 heteroatoms. The quantitative estimate of drug-likeness (QED) is 0.817. The van der Waals surface area contributed by atoms with Gasteiger partial charge < -0.3 is 20.7 Å². The largest absolute Gasteiger partial charge is 0.497 e. The summed E-state index contributed by atoms with van der Waals surface area (Å²) in [5.74, 6) is 0.984. The smallest absolute Gasteiger partial charge is 0.225 e. The van der Waals surface area contributed by atoms with E-state index in [2.05, 4.69) is 10.2 Å². The number of carbonyl (C=O) groups is 1. The fourth-order valence-corrected chi connectivity index (χ4v) is 3.51. The number of carbonyl (C=O) groups excluding carboxylic acids is 1. The van der Waals surface area contributed by atoms with Crippen molar-refractivity contribution in [2.75, 3.05) is 25.1 Å². The van der Waals surface area contributed by atoms with Gasteiger partial charge in [-0.25, -0.2) is 0 Å². The monoisotopic (exact) mass is 305 g/mol. The van der Waals surface area contributed by atoms with Gasteiger partial charge in [0.2, 0.25) is 5.91 Å². The Morgan fingerprint density at radius 3 is 3.05 bits per heavy atom. The second-order valence-electron chi connectivity index (χ2n) is 5.50. The number of nitrogens with one attached hydrogen (secondary N) is 1. The molecule has 5 nitrogen and oxygen atoms in total. The second-order valence-corrected chi connectivity index (χ2v) is 5.94. The Balaban J connectivity index is 2.02. The van der Waals surface area contributed by atoms with E-state index < -0.39 is 0 Å². The predicted molar refractivity (Wildman–Crippen MR) is 85.7 cm³/mol. The summed E-state index contributed by atoms with van der Waals surface area (Å²) >= 11 is 5.17. The minimum atomic E-state index is 0.0594. The number of nitrogens with zero attached hydrogens (tertiary/aromatic N) is 1. The van der Waals surface area contributed by atoms with E-state index >= 15 is 0 Å². The van der Waals surface area contributed by atoms with Crippen molar-refractivity contribution in [3.63, 3.8) is 0 Å². The maximum atomic E-state index is 11.9. The van der Waals surface area contributed by atoms with Gasteiger partial charge >= 0.3 is 0 Å². The first-order valence-electron chi connectivity index (χ1n) is 7.14. The highest BCUT2D eigenvalue weighted by Gasteiger charge is 2.41. The highest BCUT2D eigenvalue weighted by molar-refractivity contribution is 7.80. The molecule has 0 saturated carbocycles. The Hall–Kier alpha value is -1.82. The van der Waals surface area contributed by atoms with Crippen LogP contribution in [0.25, 0.3) is 0 Å². The molecular weight excluding hydrogens is 286 g/mol. The van der Waals surface area contributed by atoms with E-state index in [0.29, 0.717) is 11.5 Å². The SMILES string of the molecule is COc1ccc(C(N)=S)c(N2CCCC3C(=O)NCC32)c1. The summed E-state index contributed by atoms with van der Waals surface area (Å²) in [5, 5.41) is 2.96. The molecule has 2 atom stereocenters. The summed E-state index contributed by atoms with van der Waals surface area (Å²) in [6.07, 6.45) is 1.93. The molecule has 2 aliphatic heterocycles. The first-order chi connectivity index (χ1) is 10.1. The number of methoxy groups -OCH3 is 1. The summed E-state index contributed by atoms with van der Waals surface area (Å²) in [6.45, 7) is 1.58. The fourth-order valence-electron chi connectivity index (χ4n) is 3.34. The number of hydrogen-bond donors (Lipinski definition) is 2. The number of amides is 1. The number of anilines is 1. The van der Waals surface area contributed by atoms with Crippen LogP contribution in [0.1, 0.15) is 18.4 Å². The third-order valence-corrected chi connectivity index (χ3v) is 4.60. The number of nitrogens with two attached hydrogens (primary N) is 1. The molecule has 0 aromatic heterocycles. The molecule has 0 bridgehead atoms. The fraction of sp³-hybridized carbons (Fsp3) is 0.467. The van der Waals surface area contributed by atoms with E-state index in [1.807, 2.05) is 18.2 Å². The Bertz CT molecular complexity index is 590. The lowest BCUT2D eigenvalue weighted by molar-refractivity contribution is -0.122. The molecule has 3 rings (SSSR count). The van der Waals surface area contributed by atoms with Crippen molar-refractivity contribution in [3.8, 4) is 5.75 Å². The van der Waals surface area contributed by atoms with Crippen LogP contribution in [0.3, 0.4) is 0 Å². The maximum Gasteiger partial charge on any atom is 0.225 e. The molecular formula is C15H19N3O2S. The Labute approximate surface area is 129 Å². The number of rotatable bonds is 3. The van der Waals surface area contributed by atoms with Crippen molar-refractivity contribution >= 4 is 28.8 Å². The van der Waals surface area contributed by atoms with Crippen LogP contribution >= 0.6 is 12.2 Å². The van der Waals surface area contributed by atoms with Gasteiger partial charge in [0, 0.05) is 24.7 Å². The zero-order valence-electron chi connectivity index (χ0n) is 12.0. The van der Waals surface area contributed by atoms with Gasteiger partial charge in [0.05, 0.1) is 24.8 Å². The van der Waals surface area contributed by atoms with Crippen molar-refractivity contribution in [2.24, 2.45) is 11.7 Å². The van der Waals surface area contributed by atoms with Gasteiger partial charge in [-0.1, -0.05) is 12.2 Å². The van der Waals surface area contributed by atoms with Crippen LogP contribution in [0.5, 0.6) is 5.75 Å². The molecule has 2 fully saturated rings. The van der Waals surface area contributed by atoms with Crippen LogP contribution in [0.4, 0.5) is 5.69 Å². The zero-order valence-corrected chi connectivity index (χ0v) is 12.8. The van der Waals surface area contributed by atoms with E-state index in [1.54, 1.807) is 7.11 Å². The van der Waals surface area contributed by atoms with Gasteiger partial charge in [0.1, 0.15) is 10.7 Å². The van der Waals surface area contributed by atoms with E-state index in [0.717, 1.165) is 36.4 Å². The molecule has 3 N–H and O–H groups in total. The van der Waals surface area contributed by atoms with Gasteiger partial charge in [-0.3, -0.25) is 4.79 Å². The highest BCUT2D eigenvalue weighted by Crippen LogP contribution is 2.35. The van der Waals surface area contributed by atoms with E-state index in [9.17, 15) is 4.79 Å². The molecule has 1 aromatic rings. The molecule has 1 amide bonds. The summed E-state index contributed by atoms with van der Waals surface area (Å²) in [5.41, 5.74) is 7.66. The number of fused-ring (bicyclic) bond motifs is 1. The van der Waals surface area contributed by atoms with Crippen molar-refractivity contribution < 1.29 is 9.53 Å². The second kappa shape index (κ2) is 5.52. The Morgan fingerprint density at radius 2 is 2.33 bits per heavy atom. The van der Waals surface area contributed by atoms with Gasteiger partial charge in [-0.2, -0.15) is 0 Å². The van der Waals surface area contributed by atoms with Gasteiger partial charge in [-0.15, -0.1) is 0 Å². The summed E-state index contributed by atoms with van der Waals surface area (Å²) in [6, 6.07) is 5.88. The predicted octanol–water partition coefficient (Wildman–Crippen LogP) is 1.04.